The number of carbonyl (C=O) groups excluding carboxylic acids is 1. The van der Waals surface area contributed by atoms with Gasteiger partial charge in [0.05, 0.1) is 18.4 Å². The van der Waals surface area contributed by atoms with E-state index in [9.17, 15) is 4.79 Å². The standard InChI is InChI=1S/C20H19ClN2O2/c1-12-17(16-9-4-5-10-22-16)19(14-7-6-8-15(21)11-14)18(13(2)23-12)20(24)25-3/h4-11,19,23H,1-3H3. The second-order valence-corrected chi connectivity index (χ2v) is 6.33. The third kappa shape index (κ3) is 3.30. The van der Waals surface area contributed by atoms with E-state index in [1.54, 1.807) is 6.20 Å². The van der Waals surface area contributed by atoms with Crippen LogP contribution in [-0.4, -0.2) is 18.1 Å². The molecule has 0 saturated heterocycles. The van der Waals surface area contributed by atoms with Gasteiger partial charge in [-0.15, -0.1) is 0 Å². The quantitative estimate of drug-likeness (QED) is 0.835. The number of halogens is 1. The molecule has 0 aliphatic carbocycles. The summed E-state index contributed by atoms with van der Waals surface area (Å²) in [6, 6.07) is 13.3. The number of pyridine rings is 1. The fourth-order valence-electron chi connectivity index (χ4n) is 3.26. The molecule has 0 amide bonds. The Kier molecular flexibility index (Phi) is 4.91. The van der Waals surface area contributed by atoms with Crippen molar-refractivity contribution in [1.29, 1.82) is 0 Å². The molecule has 0 saturated carbocycles. The van der Waals surface area contributed by atoms with Gasteiger partial charge in [0.1, 0.15) is 0 Å². The Morgan fingerprint density at radius 1 is 1.16 bits per heavy atom. The molecule has 128 valence electrons. The molecule has 5 heteroatoms. The van der Waals surface area contributed by atoms with Gasteiger partial charge in [-0.2, -0.15) is 0 Å². The predicted molar refractivity (Wildman–Crippen MR) is 98.9 cm³/mol. The maximum atomic E-state index is 12.5. The Morgan fingerprint density at radius 3 is 2.60 bits per heavy atom. The lowest BCUT2D eigenvalue weighted by atomic mass is 9.79. The maximum Gasteiger partial charge on any atom is 0.336 e. The number of nitrogens with one attached hydrogen (secondary N) is 1. The van der Waals surface area contributed by atoms with Crippen molar-refractivity contribution in [1.82, 2.24) is 10.3 Å². The number of dihydropyridines is 1. The number of esters is 1. The van der Waals surface area contributed by atoms with Crippen LogP contribution in [0.5, 0.6) is 0 Å². The molecule has 1 atom stereocenters. The summed E-state index contributed by atoms with van der Waals surface area (Å²) in [5.74, 6) is -0.668. The summed E-state index contributed by atoms with van der Waals surface area (Å²) >= 11 is 6.21. The number of nitrogens with zero attached hydrogens (tertiary/aromatic N) is 1. The number of hydrogen-bond donors (Lipinski definition) is 1. The molecule has 1 unspecified atom stereocenters. The highest BCUT2D eigenvalue weighted by atomic mass is 35.5. The van der Waals surface area contributed by atoms with Crippen LogP contribution in [0.2, 0.25) is 5.02 Å². The molecule has 2 heterocycles. The fraction of sp³-hybridized carbons (Fsp3) is 0.200. The number of benzene rings is 1. The number of methoxy groups -OCH3 is 1. The number of allylic oxidation sites excluding steroid dienone is 3. The van der Waals surface area contributed by atoms with Gasteiger partial charge in [0, 0.05) is 34.1 Å². The first kappa shape index (κ1) is 17.2. The first-order chi connectivity index (χ1) is 12.0. The van der Waals surface area contributed by atoms with Gasteiger partial charge in [0.25, 0.3) is 0 Å². The molecule has 0 bridgehead atoms. The Labute approximate surface area is 152 Å². The van der Waals surface area contributed by atoms with Crippen LogP contribution >= 0.6 is 11.6 Å². The van der Waals surface area contributed by atoms with Crippen molar-refractivity contribution >= 4 is 23.1 Å². The molecule has 0 spiro atoms. The zero-order chi connectivity index (χ0) is 18.0. The van der Waals surface area contributed by atoms with Crippen molar-refractivity contribution in [2.45, 2.75) is 19.8 Å². The zero-order valence-electron chi connectivity index (χ0n) is 14.3. The normalized spacial score (nSPS) is 17.4. The summed E-state index contributed by atoms with van der Waals surface area (Å²) in [5, 5.41) is 3.91. The Balaban J connectivity index is 2.25. The first-order valence-corrected chi connectivity index (χ1v) is 8.34. The average Bonchev–Trinajstić information content (AvgIpc) is 2.61. The molecule has 1 N–H and O–H groups in total. The largest absolute Gasteiger partial charge is 0.466 e. The fourth-order valence-corrected chi connectivity index (χ4v) is 3.45. The van der Waals surface area contributed by atoms with Gasteiger partial charge < -0.3 is 10.1 Å². The molecular formula is C20H19ClN2O2. The minimum Gasteiger partial charge on any atom is -0.466 e. The molecule has 3 rings (SSSR count). The molecule has 0 radical (unpaired) electrons. The first-order valence-electron chi connectivity index (χ1n) is 7.96. The van der Waals surface area contributed by atoms with E-state index < -0.39 is 0 Å². The van der Waals surface area contributed by atoms with Crippen molar-refractivity contribution in [3.63, 3.8) is 0 Å². The minimum absolute atomic E-state index is 0.303. The minimum atomic E-state index is -0.365. The van der Waals surface area contributed by atoms with Crippen LogP contribution in [0.4, 0.5) is 0 Å². The van der Waals surface area contributed by atoms with Gasteiger partial charge in [-0.05, 0) is 43.7 Å². The van der Waals surface area contributed by atoms with Crippen LogP contribution in [-0.2, 0) is 9.53 Å². The van der Waals surface area contributed by atoms with Crippen LogP contribution in [0.1, 0.15) is 31.0 Å². The van der Waals surface area contributed by atoms with Gasteiger partial charge in [-0.25, -0.2) is 4.79 Å². The van der Waals surface area contributed by atoms with E-state index in [-0.39, 0.29) is 11.9 Å². The van der Waals surface area contributed by atoms with E-state index in [1.807, 2.05) is 56.3 Å². The third-order valence-corrected chi connectivity index (χ3v) is 4.52. The summed E-state index contributed by atoms with van der Waals surface area (Å²) in [6.07, 6.45) is 1.74. The maximum absolute atomic E-state index is 12.5. The van der Waals surface area contributed by atoms with Crippen molar-refractivity contribution in [2.75, 3.05) is 7.11 Å². The van der Waals surface area contributed by atoms with Crippen LogP contribution in [0, 0.1) is 0 Å². The second-order valence-electron chi connectivity index (χ2n) is 5.90. The number of carbonyl (C=O) groups is 1. The summed E-state index contributed by atoms with van der Waals surface area (Å²) in [7, 11) is 1.39. The molecule has 4 nitrogen and oxygen atoms in total. The number of ether oxygens (including phenoxy) is 1. The zero-order valence-corrected chi connectivity index (χ0v) is 15.1. The predicted octanol–water partition coefficient (Wildman–Crippen LogP) is 4.30. The Bertz CT molecular complexity index is 872. The van der Waals surface area contributed by atoms with E-state index in [0.717, 1.165) is 28.2 Å². The van der Waals surface area contributed by atoms with Crippen molar-refractivity contribution in [3.05, 3.63) is 81.9 Å². The van der Waals surface area contributed by atoms with E-state index in [0.29, 0.717) is 10.6 Å². The van der Waals surface area contributed by atoms with Crippen LogP contribution in [0.25, 0.3) is 5.57 Å². The lowest BCUT2D eigenvalue weighted by Crippen LogP contribution is -2.28. The highest BCUT2D eigenvalue weighted by Gasteiger charge is 2.34. The number of hydrogen-bond acceptors (Lipinski definition) is 4. The van der Waals surface area contributed by atoms with Crippen LogP contribution < -0.4 is 5.32 Å². The summed E-state index contributed by atoms with van der Waals surface area (Å²) < 4.78 is 5.05. The third-order valence-electron chi connectivity index (χ3n) is 4.29. The summed E-state index contributed by atoms with van der Waals surface area (Å²) in [4.78, 5) is 17.0. The lowest BCUT2D eigenvalue weighted by Gasteiger charge is -2.31. The molecular weight excluding hydrogens is 336 g/mol. The number of rotatable bonds is 3. The van der Waals surface area contributed by atoms with Crippen molar-refractivity contribution in [3.8, 4) is 0 Å². The van der Waals surface area contributed by atoms with Gasteiger partial charge >= 0.3 is 5.97 Å². The average molecular weight is 355 g/mol. The molecule has 1 aromatic carbocycles. The Morgan fingerprint density at radius 2 is 1.96 bits per heavy atom. The smallest absolute Gasteiger partial charge is 0.336 e. The summed E-state index contributed by atoms with van der Waals surface area (Å²) in [6.45, 7) is 3.86. The molecule has 1 aliphatic heterocycles. The van der Waals surface area contributed by atoms with Crippen molar-refractivity contribution < 1.29 is 9.53 Å². The van der Waals surface area contributed by atoms with E-state index in [2.05, 4.69) is 10.3 Å². The SMILES string of the molecule is COC(=O)C1=C(C)NC(C)=C(c2ccccn2)C1c1cccc(Cl)c1. The number of aromatic nitrogens is 1. The monoisotopic (exact) mass is 354 g/mol. The highest BCUT2D eigenvalue weighted by Crippen LogP contribution is 2.43. The molecule has 1 aliphatic rings. The van der Waals surface area contributed by atoms with E-state index in [4.69, 9.17) is 16.3 Å². The van der Waals surface area contributed by atoms with Gasteiger partial charge in [0.2, 0.25) is 0 Å². The molecule has 0 fully saturated rings. The topological polar surface area (TPSA) is 51.2 Å². The molecule has 1 aromatic heterocycles. The van der Waals surface area contributed by atoms with Gasteiger partial charge in [-0.3, -0.25) is 4.98 Å². The van der Waals surface area contributed by atoms with E-state index in [1.165, 1.54) is 7.11 Å². The summed E-state index contributed by atoms with van der Waals surface area (Å²) in [5.41, 5.74) is 4.97. The van der Waals surface area contributed by atoms with Crippen LogP contribution in [0.3, 0.4) is 0 Å². The molecule has 2 aromatic rings. The molecule has 25 heavy (non-hydrogen) atoms. The van der Waals surface area contributed by atoms with Gasteiger partial charge in [0.15, 0.2) is 0 Å². The van der Waals surface area contributed by atoms with Gasteiger partial charge in [-0.1, -0.05) is 29.8 Å². The lowest BCUT2D eigenvalue weighted by molar-refractivity contribution is -0.136. The van der Waals surface area contributed by atoms with E-state index >= 15 is 0 Å². The highest BCUT2D eigenvalue weighted by molar-refractivity contribution is 6.30. The Hall–Kier alpha value is -2.59. The van der Waals surface area contributed by atoms with Crippen molar-refractivity contribution in [2.24, 2.45) is 0 Å². The van der Waals surface area contributed by atoms with Crippen LogP contribution in [0.15, 0.2) is 65.6 Å². The second kappa shape index (κ2) is 7.11.